The van der Waals surface area contributed by atoms with Crippen LogP contribution in [-0.2, 0) is 6.18 Å². The number of benzene rings is 1. The van der Waals surface area contributed by atoms with Gasteiger partial charge in [0.1, 0.15) is 5.76 Å². The fourth-order valence-corrected chi connectivity index (χ4v) is 2.08. The highest BCUT2D eigenvalue weighted by Crippen LogP contribution is 2.35. The summed E-state index contributed by atoms with van der Waals surface area (Å²) >= 11 is 0. The third kappa shape index (κ3) is 2.52. The van der Waals surface area contributed by atoms with E-state index >= 15 is 0 Å². The number of hydrogen-bond acceptors (Lipinski definition) is 3. The topological polar surface area (TPSA) is 48.0 Å². The van der Waals surface area contributed by atoms with Gasteiger partial charge in [-0.3, -0.25) is 4.79 Å². The van der Waals surface area contributed by atoms with E-state index < -0.39 is 11.7 Å². The minimum absolute atomic E-state index is 0.0406. The van der Waals surface area contributed by atoms with Gasteiger partial charge in [-0.05, 0) is 36.4 Å². The zero-order valence-electron chi connectivity index (χ0n) is 11.0. The fourth-order valence-electron chi connectivity index (χ4n) is 2.08. The van der Waals surface area contributed by atoms with E-state index in [-0.39, 0.29) is 17.1 Å². The summed E-state index contributed by atoms with van der Waals surface area (Å²) in [7, 11) is 0. The van der Waals surface area contributed by atoms with Crippen molar-refractivity contribution in [1.29, 1.82) is 0 Å². The van der Waals surface area contributed by atoms with Crippen LogP contribution in [-0.4, -0.2) is 16.1 Å². The van der Waals surface area contributed by atoms with Crippen molar-refractivity contribution in [2.75, 3.05) is 0 Å². The first-order chi connectivity index (χ1) is 10.5. The Hall–Kier alpha value is -2.83. The van der Waals surface area contributed by atoms with Crippen LogP contribution in [0.2, 0.25) is 0 Å². The minimum atomic E-state index is -4.47. The number of furan rings is 1. The van der Waals surface area contributed by atoms with Crippen LogP contribution >= 0.6 is 0 Å². The largest absolute Gasteiger partial charge is 0.453 e. The lowest BCUT2D eigenvalue weighted by molar-refractivity contribution is -0.137. The summed E-state index contributed by atoms with van der Waals surface area (Å²) in [6, 6.07) is 7.77. The van der Waals surface area contributed by atoms with Crippen LogP contribution in [0.1, 0.15) is 16.1 Å². The van der Waals surface area contributed by atoms with E-state index in [2.05, 4.69) is 5.10 Å². The van der Waals surface area contributed by atoms with Gasteiger partial charge in [0.05, 0.1) is 11.3 Å². The monoisotopic (exact) mass is 306 g/mol. The van der Waals surface area contributed by atoms with Crippen LogP contribution in [0.5, 0.6) is 0 Å². The molecule has 0 radical (unpaired) electrons. The molecule has 0 aliphatic heterocycles. The van der Waals surface area contributed by atoms with Crippen LogP contribution in [0.3, 0.4) is 0 Å². The van der Waals surface area contributed by atoms with Gasteiger partial charge in [-0.25, -0.2) is 4.68 Å². The second kappa shape index (κ2) is 5.18. The van der Waals surface area contributed by atoms with E-state index in [1.165, 1.54) is 29.1 Å². The molecule has 0 aliphatic rings. The zero-order valence-corrected chi connectivity index (χ0v) is 11.0. The molecular formula is C15H9F3N2O2. The van der Waals surface area contributed by atoms with Crippen molar-refractivity contribution in [3.05, 3.63) is 60.1 Å². The van der Waals surface area contributed by atoms with Gasteiger partial charge in [0.25, 0.3) is 0 Å². The summed E-state index contributed by atoms with van der Waals surface area (Å²) in [6.45, 7) is 0. The number of halogens is 3. The number of alkyl halides is 3. The third-order valence-corrected chi connectivity index (χ3v) is 3.08. The molecule has 2 aromatic heterocycles. The molecule has 0 aliphatic carbocycles. The number of aldehydes is 1. The predicted molar refractivity (Wildman–Crippen MR) is 71.7 cm³/mol. The summed E-state index contributed by atoms with van der Waals surface area (Å²) in [4.78, 5) is 10.7. The first-order valence-corrected chi connectivity index (χ1v) is 6.25. The normalized spacial score (nSPS) is 11.6. The third-order valence-electron chi connectivity index (χ3n) is 3.08. The van der Waals surface area contributed by atoms with Gasteiger partial charge in [-0.2, -0.15) is 18.3 Å². The van der Waals surface area contributed by atoms with Crippen molar-refractivity contribution >= 4 is 6.29 Å². The van der Waals surface area contributed by atoms with Crippen molar-refractivity contribution in [3.8, 4) is 17.0 Å². The predicted octanol–water partition coefficient (Wildman–Crippen LogP) is 3.96. The van der Waals surface area contributed by atoms with Crippen LogP contribution in [0.4, 0.5) is 13.2 Å². The molecule has 0 fully saturated rings. The number of hydrogen-bond donors (Lipinski definition) is 0. The maximum atomic E-state index is 12.9. The summed E-state index contributed by atoms with van der Waals surface area (Å²) in [5, 5.41) is 4.02. The van der Waals surface area contributed by atoms with Crippen molar-refractivity contribution in [2.24, 2.45) is 0 Å². The molecule has 2 heterocycles. The smallest absolute Gasteiger partial charge is 0.416 e. The van der Waals surface area contributed by atoms with Crippen LogP contribution in [0.15, 0.2) is 53.2 Å². The first kappa shape index (κ1) is 14.1. The van der Waals surface area contributed by atoms with Gasteiger partial charge in [0.2, 0.25) is 0 Å². The van der Waals surface area contributed by atoms with E-state index in [9.17, 15) is 18.0 Å². The lowest BCUT2D eigenvalue weighted by Gasteiger charge is -2.12. The number of nitrogens with zero attached hydrogens (tertiary/aromatic N) is 2. The minimum Gasteiger partial charge on any atom is -0.453 e. The van der Waals surface area contributed by atoms with E-state index in [0.717, 1.165) is 12.1 Å². The molecule has 0 unspecified atom stereocenters. The van der Waals surface area contributed by atoms with E-state index in [0.29, 0.717) is 12.0 Å². The molecule has 0 N–H and O–H groups in total. The quantitative estimate of drug-likeness (QED) is 0.688. The Morgan fingerprint density at radius 3 is 2.59 bits per heavy atom. The van der Waals surface area contributed by atoms with E-state index in [1.807, 2.05) is 0 Å². The van der Waals surface area contributed by atoms with Crippen molar-refractivity contribution in [2.45, 2.75) is 6.18 Å². The Kier molecular flexibility index (Phi) is 3.32. The molecule has 22 heavy (non-hydrogen) atoms. The van der Waals surface area contributed by atoms with Crippen molar-refractivity contribution in [1.82, 2.24) is 9.78 Å². The van der Waals surface area contributed by atoms with Gasteiger partial charge in [-0.1, -0.05) is 0 Å². The first-order valence-electron chi connectivity index (χ1n) is 6.25. The lowest BCUT2D eigenvalue weighted by atomic mass is 10.1. The van der Waals surface area contributed by atoms with Gasteiger partial charge in [0.15, 0.2) is 12.0 Å². The maximum Gasteiger partial charge on any atom is 0.416 e. The second-order valence-electron chi connectivity index (χ2n) is 4.50. The SMILES string of the molecule is O=Cc1ccc(-c2cc(C(F)(F)F)ccc2-n2cccn2)o1. The Morgan fingerprint density at radius 2 is 2.00 bits per heavy atom. The summed E-state index contributed by atoms with van der Waals surface area (Å²) in [5.74, 6) is 0.206. The molecule has 3 rings (SSSR count). The molecule has 0 saturated carbocycles. The highest BCUT2D eigenvalue weighted by Gasteiger charge is 2.31. The molecule has 7 heteroatoms. The Balaban J connectivity index is 2.20. The summed E-state index contributed by atoms with van der Waals surface area (Å²) < 4.78 is 45.4. The van der Waals surface area contributed by atoms with Gasteiger partial charge < -0.3 is 4.42 Å². The van der Waals surface area contributed by atoms with Gasteiger partial charge in [-0.15, -0.1) is 0 Å². The molecule has 0 spiro atoms. The second-order valence-corrected chi connectivity index (χ2v) is 4.50. The molecule has 0 saturated heterocycles. The average molecular weight is 306 g/mol. The van der Waals surface area contributed by atoms with Crippen molar-refractivity contribution < 1.29 is 22.4 Å². The molecule has 0 atom stereocenters. The fraction of sp³-hybridized carbons (Fsp3) is 0.0667. The molecule has 1 aromatic carbocycles. The maximum absolute atomic E-state index is 12.9. The molecule has 112 valence electrons. The molecule has 0 amide bonds. The standard InChI is InChI=1S/C15H9F3N2O2/c16-15(17,18)10-2-4-13(20-7-1-6-19-20)12(8-10)14-5-3-11(9-21)22-14/h1-9H. The zero-order chi connectivity index (χ0) is 15.7. The van der Waals surface area contributed by atoms with Crippen LogP contribution in [0, 0.1) is 0 Å². The van der Waals surface area contributed by atoms with Crippen molar-refractivity contribution in [3.63, 3.8) is 0 Å². The number of carbonyl (C=O) groups is 1. The van der Waals surface area contributed by atoms with Gasteiger partial charge >= 0.3 is 6.18 Å². The molecule has 3 aromatic rings. The molecule has 0 bridgehead atoms. The summed E-state index contributed by atoms with van der Waals surface area (Å²) in [5.41, 5.74) is -0.182. The highest BCUT2D eigenvalue weighted by atomic mass is 19.4. The molecule has 4 nitrogen and oxygen atoms in total. The number of rotatable bonds is 3. The lowest BCUT2D eigenvalue weighted by Crippen LogP contribution is -2.06. The average Bonchev–Trinajstić information content (AvgIpc) is 3.17. The Labute approximate surface area is 122 Å². The van der Waals surface area contributed by atoms with Crippen LogP contribution in [0.25, 0.3) is 17.0 Å². The molecular weight excluding hydrogens is 297 g/mol. The summed E-state index contributed by atoms with van der Waals surface area (Å²) in [6.07, 6.45) is -0.863. The van der Waals surface area contributed by atoms with Gasteiger partial charge in [0, 0.05) is 18.0 Å². The van der Waals surface area contributed by atoms with E-state index in [1.54, 1.807) is 12.3 Å². The van der Waals surface area contributed by atoms with Crippen LogP contribution < -0.4 is 0 Å². The number of carbonyl (C=O) groups excluding carboxylic acids is 1. The Morgan fingerprint density at radius 1 is 1.18 bits per heavy atom. The van der Waals surface area contributed by atoms with E-state index in [4.69, 9.17) is 4.42 Å². The Bertz CT molecular complexity index is 805. The highest BCUT2D eigenvalue weighted by molar-refractivity contribution is 5.75. The number of aromatic nitrogens is 2.